The molecule has 0 heterocycles. The van der Waals surface area contributed by atoms with Crippen molar-refractivity contribution in [3.8, 4) is 0 Å². The quantitative estimate of drug-likeness (QED) is 0.900. The summed E-state index contributed by atoms with van der Waals surface area (Å²) in [6, 6.07) is 14.0. The Labute approximate surface area is 132 Å². The third-order valence-electron chi connectivity index (χ3n) is 3.64. The molecule has 0 fully saturated rings. The molecule has 2 aromatic carbocycles. The number of amides is 1. The Kier molecular flexibility index (Phi) is 5.34. The molecule has 0 aliphatic carbocycles. The van der Waals surface area contributed by atoms with Gasteiger partial charge in [-0.2, -0.15) is 0 Å². The van der Waals surface area contributed by atoms with E-state index < -0.39 is 6.10 Å². The summed E-state index contributed by atoms with van der Waals surface area (Å²) in [6.45, 7) is 8.27. The fourth-order valence-electron chi connectivity index (χ4n) is 2.47. The lowest BCUT2D eigenvalue weighted by atomic mass is 10.0. The van der Waals surface area contributed by atoms with E-state index in [-0.39, 0.29) is 5.91 Å². The number of ether oxygens (including phenoxy) is 1. The highest BCUT2D eigenvalue weighted by atomic mass is 16.5. The molecule has 1 N–H and O–H groups in total. The topological polar surface area (TPSA) is 38.3 Å². The summed E-state index contributed by atoms with van der Waals surface area (Å²) in [5.74, 6) is -0.119. The Bertz CT molecular complexity index is 627. The van der Waals surface area contributed by atoms with Crippen molar-refractivity contribution < 1.29 is 9.53 Å². The van der Waals surface area contributed by atoms with E-state index in [1.54, 1.807) is 6.92 Å². The molecule has 116 valence electrons. The molecular formula is C19H23NO2. The van der Waals surface area contributed by atoms with Gasteiger partial charge in [0, 0.05) is 5.69 Å². The van der Waals surface area contributed by atoms with E-state index in [9.17, 15) is 4.79 Å². The van der Waals surface area contributed by atoms with Gasteiger partial charge in [-0.1, -0.05) is 48.0 Å². The molecule has 0 aromatic heterocycles. The van der Waals surface area contributed by atoms with Gasteiger partial charge in [0.2, 0.25) is 0 Å². The van der Waals surface area contributed by atoms with E-state index in [1.165, 1.54) is 5.56 Å². The van der Waals surface area contributed by atoms with Crippen LogP contribution in [0, 0.1) is 20.8 Å². The van der Waals surface area contributed by atoms with Crippen LogP contribution in [0.1, 0.15) is 29.2 Å². The molecule has 3 heteroatoms. The van der Waals surface area contributed by atoms with E-state index in [4.69, 9.17) is 4.74 Å². The van der Waals surface area contributed by atoms with Gasteiger partial charge in [0.25, 0.3) is 5.91 Å². The first-order chi connectivity index (χ1) is 10.5. The van der Waals surface area contributed by atoms with E-state index >= 15 is 0 Å². The predicted molar refractivity (Wildman–Crippen MR) is 90.0 cm³/mol. The summed E-state index contributed by atoms with van der Waals surface area (Å²) in [5, 5.41) is 2.98. The maximum Gasteiger partial charge on any atom is 0.253 e. The standard InChI is InChI=1S/C19H23NO2/c1-13-10-14(2)18(15(3)11-13)20-19(21)16(4)22-12-17-8-6-5-7-9-17/h5-11,16H,12H2,1-4H3,(H,20,21). The van der Waals surface area contributed by atoms with E-state index in [0.29, 0.717) is 6.61 Å². The summed E-state index contributed by atoms with van der Waals surface area (Å²) in [6.07, 6.45) is -0.500. The molecule has 0 saturated carbocycles. The fraction of sp³-hybridized carbons (Fsp3) is 0.316. The second-order valence-corrected chi connectivity index (χ2v) is 5.70. The minimum atomic E-state index is -0.500. The maximum absolute atomic E-state index is 12.3. The molecule has 1 atom stereocenters. The average molecular weight is 297 g/mol. The lowest BCUT2D eigenvalue weighted by molar-refractivity contribution is -0.127. The van der Waals surface area contributed by atoms with E-state index in [2.05, 4.69) is 24.4 Å². The van der Waals surface area contributed by atoms with Crippen LogP contribution in [-0.2, 0) is 16.1 Å². The molecule has 0 radical (unpaired) electrons. The third kappa shape index (κ3) is 4.18. The Balaban J connectivity index is 1.97. The second-order valence-electron chi connectivity index (χ2n) is 5.70. The maximum atomic E-state index is 12.3. The Morgan fingerprint density at radius 1 is 1.09 bits per heavy atom. The molecule has 2 rings (SSSR count). The van der Waals surface area contributed by atoms with E-state index in [0.717, 1.165) is 22.4 Å². The number of carbonyl (C=O) groups is 1. The Morgan fingerprint density at radius 2 is 1.68 bits per heavy atom. The lowest BCUT2D eigenvalue weighted by Gasteiger charge is -2.17. The summed E-state index contributed by atoms with van der Waals surface area (Å²) in [7, 11) is 0. The fourth-order valence-corrected chi connectivity index (χ4v) is 2.47. The van der Waals surface area contributed by atoms with Gasteiger partial charge < -0.3 is 10.1 Å². The van der Waals surface area contributed by atoms with Crippen LogP contribution in [-0.4, -0.2) is 12.0 Å². The van der Waals surface area contributed by atoms with Gasteiger partial charge >= 0.3 is 0 Å². The number of nitrogens with one attached hydrogen (secondary N) is 1. The van der Waals surface area contributed by atoms with Crippen LogP contribution in [0.5, 0.6) is 0 Å². The molecule has 0 spiro atoms. The van der Waals surface area contributed by atoms with E-state index in [1.807, 2.05) is 44.2 Å². The van der Waals surface area contributed by atoms with Gasteiger partial charge in [-0.05, 0) is 44.4 Å². The van der Waals surface area contributed by atoms with Crippen molar-refractivity contribution in [3.05, 3.63) is 64.7 Å². The summed E-state index contributed by atoms with van der Waals surface area (Å²) in [4.78, 5) is 12.3. The normalized spacial score (nSPS) is 12.0. The smallest absolute Gasteiger partial charge is 0.253 e. The van der Waals surface area contributed by atoms with Crippen LogP contribution < -0.4 is 5.32 Å². The second kappa shape index (κ2) is 7.23. The summed E-state index contributed by atoms with van der Waals surface area (Å²) < 4.78 is 5.65. The minimum Gasteiger partial charge on any atom is -0.364 e. The molecule has 1 unspecified atom stereocenters. The van der Waals surface area contributed by atoms with Crippen molar-refractivity contribution in [1.82, 2.24) is 0 Å². The number of hydrogen-bond donors (Lipinski definition) is 1. The van der Waals surface area contributed by atoms with Crippen molar-refractivity contribution >= 4 is 11.6 Å². The first-order valence-corrected chi connectivity index (χ1v) is 7.51. The Hall–Kier alpha value is -2.13. The first kappa shape index (κ1) is 16.2. The van der Waals surface area contributed by atoms with Crippen molar-refractivity contribution in [2.45, 2.75) is 40.4 Å². The average Bonchev–Trinajstić information content (AvgIpc) is 2.49. The largest absolute Gasteiger partial charge is 0.364 e. The molecule has 3 nitrogen and oxygen atoms in total. The van der Waals surface area contributed by atoms with Gasteiger partial charge in [-0.25, -0.2) is 0 Å². The molecule has 2 aromatic rings. The number of benzene rings is 2. The van der Waals surface area contributed by atoms with Crippen molar-refractivity contribution in [2.75, 3.05) is 5.32 Å². The van der Waals surface area contributed by atoms with Gasteiger partial charge in [0.1, 0.15) is 6.10 Å². The van der Waals surface area contributed by atoms with Crippen LogP contribution >= 0.6 is 0 Å². The number of aryl methyl sites for hydroxylation is 3. The van der Waals surface area contributed by atoms with Crippen LogP contribution in [0.15, 0.2) is 42.5 Å². The summed E-state index contributed by atoms with van der Waals surface area (Å²) in [5.41, 5.74) is 5.28. The highest BCUT2D eigenvalue weighted by Crippen LogP contribution is 2.22. The highest BCUT2D eigenvalue weighted by Gasteiger charge is 2.15. The Morgan fingerprint density at radius 3 is 2.27 bits per heavy atom. The zero-order valence-electron chi connectivity index (χ0n) is 13.6. The van der Waals surface area contributed by atoms with Crippen molar-refractivity contribution in [3.63, 3.8) is 0 Å². The van der Waals surface area contributed by atoms with Crippen LogP contribution in [0.3, 0.4) is 0 Å². The van der Waals surface area contributed by atoms with Crippen molar-refractivity contribution in [2.24, 2.45) is 0 Å². The molecule has 1 amide bonds. The molecule has 0 saturated heterocycles. The lowest BCUT2D eigenvalue weighted by Crippen LogP contribution is -2.28. The molecule has 22 heavy (non-hydrogen) atoms. The molecule has 0 bridgehead atoms. The van der Waals surface area contributed by atoms with Crippen LogP contribution in [0.2, 0.25) is 0 Å². The SMILES string of the molecule is Cc1cc(C)c(NC(=O)C(C)OCc2ccccc2)c(C)c1. The predicted octanol–water partition coefficient (Wildman–Crippen LogP) is 4.16. The van der Waals surface area contributed by atoms with Crippen molar-refractivity contribution in [1.29, 1.82) is 0 Å². The zero-order valence-corrected chi connectivity index (χ0v) is 13.6. The van der Waals surface area contributed by atoms with Crippen LogP contribution in [0.25, 0.3) is 0 Å². The highest BCUT2D eigenvalue weighted by molar-refractivity contribution is 5.95. The van der Waals surface area contributed by atoms with Gasteiger partial charge in [0.15, 0.2) is 0 Å². The first-order valence-electron chi connectivity index (χ1n) is 7.51. The molecular weight excluding hydrogens is 274 g/mol. The number of rotatable bonds is 5. The van der Waals surface area contributed by atoms with Gasteiger partial charge in [-0.3, -0.25) is 4.79 Å². The number of anilines is 1. The van der Waals surface area contributed by atoms with Gasteiger partial charge in [0.05, 0.1) is 6.61 Å². The number of hydrogen-bond acceptors (Lipinski definition) is 2. The minimum absolute atomic E-state index is 0.119. The summed E-state index contributed by atoms with van der Waals surface area (Å²) >= 11 is 0. The number of carbonyl (C=O) groups excluding carboxylic acids is 1. The molecule has 0 aliphatic rings. The van der Waals surface area contributed by atoms with Crippen LogP contribution in [0.4, 0.5) is 5.69 Å². The monoisotopic (exact) mass is 297 g/mol. The van der Waals surface area contributed by atoms with Gasteiger partial charge in [-0.15, -0.1) is 0 Å². The molecule has 0 aliphatic heterocycles. The third-order valence-corrected chi connectivity index (χ3v) is 3.64. The zero-order chi connectivity index (χ0) is 16.1.